The van der Waals surface area contributed by atoms with E-state index >= 15 is 0 Å². The summed E-state index contributed by atoms with van der Waals surface area (Å²) in [7, 11) is 0. The Morgan fingerprint density at radius 2 is 2.06 bits per heavy atom. The lowest BCUT2D eigenvalue weighted by Gasteiger charge is -2.07. The standard InChI is InChI=1S/C22H17ClN6O4/c23-15-4-1-3-14(9-15)12-28-13-25-20-16(22(28)31)11-26-29(20)7-6-24-21(30)17-10-19(33-27-17)18-5-2-8-32-18/h1-5,8-11,13H,6-7,12H2,(H,24,30). The van der Waals surface area contributed by atoms with Crippen LogP contribution in [0.15, 0.2) is 75.0 Å². The molecule has 4 aromatic heterocycles. The van der Waals surface area contributed by atoms with Crippen LogP contribution in [0.5, 0.6) is 0 Å². The van der Waals surface area contributed by atoms with Crippen LogP contribution in [0.1, 0.15) is 16.1 Å². The molecule has 0 aliphatic carbocycles. The molecule has 0 atom stereocenters. The van der Waals surface area contributed by atoms with Crippen LogP contribution in [0.4, 0.5) is 0 Å². The first kappa shape index (κ1) is 20.7. The van der Waals surface area contributed by atoms with Crippen molar-refractivity contribution in [1.29, 1.82) is 0 Å². The van der Waals surface area contributed by atoms with Gasteiger partial charge in [0.2, 0.25) is 5.76 Å². The maximum absolute atomic E-state index is 12.8. The summed E-state index contributed by atoms with van der Waals surface area (Å²) in [6.07, 6.45) is 4.47. The lowest BCUT2D eigenvalue weighted by Crippen LogP contribution is -2.28. The maximum atomic E-state index is 12.8. The molecule has 0 radical (unpaired) electrons. The number of rotatable bonds is 7. The van der Waals surface area contributed by atoms with Gasteiger partial charge >= 0.3 is 0 Å². The predicted octanol–water partition coefficient (Wildman–Crippen LogP) is 2.97. The van der Waals surface area contributed by atoms with Crippen LogP contribution in [-0.2, 0) is 13.1 Å². The minimum atomic E-state index is -0.398. The molecule has 0 aliphatic heterocycles. The Morgan fingerprint density at radius 1 is 1.15 bits per heavy atom. The van der Waals surface area contributed by atoms with Crippen LogP contribution in [0.3, 0.4) is 0 Å². The van der Waals surface area contributed by atoms with Crippen LogP contribution in [0.2, 0.25) is 5.02 Å². The highest BCUT2D eigenvalue weighted by atomic mass is 35.5. The van der Waals surface area contributed by atoms with Gasteiger partial charge in [0.05, 0.1) is 25.5 Å². The zero-order valence-electron chi connectivity index (χ0n) is 17.1. The second-order valence-corrected chi connectivity index (χ2v) is 7.66. The highest BCUT2D eigenvalue weighted by molar-refractivity contribution is 6.30. The summed E-state index contributed by atoms with van der Waals surface area (Å²) in [6.45, 7) is 0.927. The summed E-state index contributed by atoms with van der Waals surface area (Å²) in [4.78, 5) is 29.6. The second-order valence-electron chi connectivity index (χ2n) is 7.22. The minimum absolute atomic E-state index is 0.133. The Hall–Kier alpha value is -4.18. The number of furan rings is 1. The van der Waals surface area contributed by atoms with Gasteiger partial charge in [-0.2, -0.15) is 5.10 Å². The fraction of sp³-hybridized carbons (Fsp3) is 0.136. The Bertz CT molecular complexity index is 1480. The van der Waals surface area contributed by atoms with Gasteiger partial charge in [-0.15, -0.1) is 0 Å². The molecule has 5 rings (SSSR count). The monoisotopic (exact) mass is 464 g/mol. The Balaban J connectivity index is 1.25. The lowest BCUT2D eigenvalue weighted by atomic mass is 10.2. The molecule has 0 spiro atoms. The summed E-state index contributed by atoms with van der Waals surface area (Å²) in [5.74, 6) is 0.447. The van der Waals surface area contributed by atoms with Crippen molar-refractivity contribution in [2.75, 3.05) is 6.54 Å². The van der Waals surface area contributed by atoms with Crippen molar-refractivity contribution in [3.8, 4) is 11.5 Å². The third-order valence-corrected chi connectivity index (χ3v) is 5.22. The molecule has 166 valence electrons. The van der Waals surface area contributed by atoms with Gasteiger partial charge < -0.3 is 14.3 Å². The molecule has 1 N–H and O–H groups in total. The fourth-order valence-electron chi connectivity index (χ4n) is 3.39. The smallest absolute Gasteiger partial charge is 0.273 e. The van der Waals surface area contributed by atoms with Crippen molar-refractivity contribution in [2.45, 2.75) is 13.1 Å². The van der Waals surface area contributed by atoms with Gasteiger partial charge in [-0.3, -0.25) is 14.2 Å². The number of halogens is 1. The molecule has 5 aromatic rings. The third-order valence-electron chi connectivity index (χ3n) is 4.98. The number of aromatic nitrogens is 5. The number of nitrogens with zero attached hydrogens (tertiary/aromatic N) is 5. The molecule has 10 nitrogen and oxygen atoms in total. The van der Waals surface area contributed by atoms with E-state index in [9.17, 15) is 9.59 Å². The van der Waals surface area contributed by atoms with Gasteiger partial charge in [-0.1, -0.05) is 28.9 Å². The zero-order chi connectivity index (χ0) is 22.8. The molecule has 0 saturated heterocycles. The van der Waals surface area contributed by atoms with E-state index in [1.54, 1.807) is 28.9 Å². The summed E-state index contributed by atoms with van der Waals surface area (Å²) < 4.78 is 13.4. The molecule has 0 fully saturated rings. The molecule has 11 heteroatoms. The summed E-state index contributed by atoms with van der Waals surface area (Å²) in [5.41, 5.74) is 1.26. The summed E-state index contributed by atoms with van der Waals surface area (Å²) in [6, 6.07) is 12.2. The number of amides is 1. The highest BCUT2D eigenvalue weighted by Gasteiger charge is 2.15. The molecule has 0 bridgehead atoms. The van der Waals surface area contributed by atoms with Crippen molar-refractivity contribution < 1.29 is 13.7 Å². The van der Waals surface area contributed by atoms with E-state index in [0.717, 1.165) is 5.56 Å². The van der Waals surface area contributed by atoms with Crippen LogP contribution >= 0.6 is 11.6 Å². The van der Waals surface area contributed by atoms with E-state index in [1.807, 2.05) is 12.1 Å². The second kappa shape index (κ2) is 8.75. The molecule has 0 saturated carbocycles. The zero-order valence-corrected chi connectivity index (χ0v) is 17.9. The van der Waals surface area contributed by atoms with E-state index in [0.29, 0.717) is 40.7 Å². The van der Waals surface area contributed by atoms with E-state index in [1.165, 1.54) is 29.4 Å². The number of benzene rings is 1. The molecule has 1 aromatic carbocycles. The highest BCUT2D eigenvalue weighted by Crippen LogP contribution is 2.20. The topological polar surface area (TPSA) is 121 Å². The predicted molar refractivity (Wildman–Crippen MR) is 119 cm³/mol. The van der Waals surface area contributed by atoms with Gasteiger partial charge in [0, 0.05) is 17.6 Å². The molecule has 0 unspecified atom stereocenters. The first-order valence-corrected chi connectivity index (χ1v) is 10.4. The largest absolute Gasteiger partial charge is 0.461 e. The van der Waals surface area contributed by atoms with E-state index in [-0.39, 0.29) is 17.8 Å². The number of nitrogens with one attached hydrogen (secondary N) is 1. The molecule has 1 amide bonds. The van der Waals surface area contributed by atoms with Crippen LogP contribution < -0.4 is 10.9 Å². The molecule has 4 heterocycles. The number of carbonyl (C=O) groups is 1. The fourth-order valence-corrected chi connectivity index (χ4v) is 3.60. The van der Waals surface area contributed by atoms with Crippen molar-refractivity contribution in [3.63, 3.8) is 0 Å². The maximum Gasteiger partial charge on any atom is 0.273 e. The molecule has 33 heavy (non-hydrogen) atoms. The van der Waals surface area contributed by atoms with Crippen LogP contribution in [-0.4, -0.2) is 36.9 Å². The molecular weight excluding hydrogens is 448 g/mol. The van der Waals surface area contributed by atoms with Crippen molar-refractivity contribution >= 4 is 28.5 Å². The number of hydrogen-bond acceptors (Lipinski definition) is 7. The number of carbonyl (C=O) groups excluding carboxylic acids is 1. The van der Waals surface area contributed by atoms with Gasteiger partial charge in [0.25, 0.3) is 11.5 Å². The number of hydrogen-bond donors (Lipinski definition) is 1. The average molecular weight is 465 g/mol. The first-order chi connectivity index (χ1) is 16.1. The first-order valence-electron chi connectivity index (χ1n) is 10.0. The quantitative estimate of drug-likeness (QED) is 0.393. The van der Waals surface area contributed by atoms with E-state index < -0.39 is 5.91 Å². The summed E-state index contributed by atoms with van der Waals surface area (Å²) >= 11 is 6.02. The minimum Gasteiger partial charge on any atom is -0.461 e. The van der Waals surface area contributed by atoms with E-state index in [4.69, 9.17) is 20.5 Å². The van der Waals surface area contributed by atoms with Gasteiger partial charge in [-0.05, 0) is 29.8 Å². The SMILES string of the molecule is O=C(NCCn1ncc2c(=O)n(Cc3cccc(Cl)c3)cnc21)c1cc(-c2ccco2)on1. The lowest BCUT2D eigenvalue weighted by molar-refractivity contribution is 0.0943. The Morgan fingerprint density at radius 3 is 2.88 bits per heavy atom. The van der Waals surface area contributed by atoms with Crippen LogP contribution in [0, 0.1) is 0 Å². The van der Waals surface area contributed by atoms with Crippen molar-refractivity contribution in [2.24, 2.45) is 0 Å². The van der Waals surface area contributed by atoms with Gasteiger partial charge in [0.15, 0.2) is 17.1 Å². The third kappa shape index (κ3) is 4.28. The van der Waals surface area contributed by atoms with E-state index in [2.05, 4.69) is 20.6 Å². The summed E-state index contributed by atoms with van der Waals surface area (Å²) in [5, 5.41) is 11.8. The van der Waals surface area contributed by atoms with Crippen LogP contribution in [0.25, 0.3) is 22.6 Å². The number of fused-ring (bicyclic) bond motifs is 1. The Labute approximate surface area is 191 Å². The normalized spacial score (nSPS) is 11.2. The average Bonchev–Trinajstić information content (AvgIpc) is 3.57. The Kier molecular flexibility index (Phi) is 5.49. The van der Waals surface area contributed by atoms with Gasteiger partial charge in [-0.25, -0.2) is 9.67 Å². The van der Waals surface area contributed by atoms with Crippen molar-refractivity contribution in [3.05, 3.63) is 87.9 Å². The van der Waals surface area contributed by atoms with Crippen molar-refractivity contribution in [1.82, 2.24) is 29.8 Å². The van der Waals surface area contributed by atoms with Gasteiger partial charge in [0.1, 0.15) is 11.7 Å². The molecular formula is C22H17ClN6O4. The molecule has 0 aliphatic rings.